The van der Waals surface area contributed by atoms with E-state index in [1.807, 2.05) is 84.9 Å². The van der Waals surface area contributed by atoms with E-state index in [9.17, 15) is 52.7 Å². The molecule has 5 aromatic rings. The molecule has 0 nitrogen and oxygen atoms in total. The summed E-state index contributed by atoms with van der Waals surface area (Å²) in [6.45, 7) is 1.52. The highest BCUT2D eigenvalue weighted by Gasteiger charge is 2.44. The summed E-state index contributed by atoms with van der Waals surface area (Å²) >= 11 is 0. The Labute approximate surface area is 312 Å². The van der Waals surface area contributed by atoms with Crippen LogP contribution in [0.1, 0.15) is 59.9 Å². The minimum Gasteiger partial charge on any atom is -0.166 e. The molecule has 0 bridgehead atoms. The molecule has 0 amide bonds. The van der Waals surface area contributed by atoms with Crippen molar-refractivity contribution in [2.75, 3.05) is 0 Å². The molecule has 3 atom stereocenters. The summed E-state index contributed by atoms with van der Waals surface area (Å²) in [6, 6.07) is 28.4. The van der Waals surface area contributed by atoms with E-state index < -0.39 is 85.0 Å². The van der Waals surface area contributed by atoms with Crippen molar-refractivity contribution in [3.05, 3.63) is 149 Å². The van der Waals surface area contributed by atoms with Gasteiger partial charge in [-0.25, -0.2) is 0 Å². The van der Waals surface area contributed by atoms with Crippen molar-refractivity contribution in [1.29, 1.82) is 0 Å². The molecule has 5 aromatic carbocycles. The fraction of sp³-hybridized carbons (Fsp3) is 0.268. The first-order valence-electron chi connectivity index (χ1n) is 17.1. The Bertz CT molecular complexity index is 1910. The fourth-order valence-electron chi connectivity index (χ4n) is 7.50. The SMILES string of the molecule is CC([C@@H]1CCCC1c1ccccc1P(c1ccccc1)c1ccccc1)P(c1cc(C(F)(F)F)cc(C(F)(F)F)c1)c1cc(C(F)(F)F)cc(C(F)(F)F)c1. The largest absolute Gasteiger partial charge is 0.416 e. The average Bonchev–Trinajstić information content (AvgIpc) is 3.61. The predicted molar refractivity (Wildman–Crippen MR) is 194 cm³/mol. The Kier molecular flexibility index (Phi) is 11.5. The van der Waals surface area contributed by atoms with Gasteiger partial charge in [0.25, 0.3) is 0 Å². The van der Waals surface area contributed by atoms with Crippen LogP contribution in [0.25, 0.3) is 0 Å². The molecule has 0 radical (unpaired) electrons. The molecular formula is C41H32F12P2. The third kappa shape index (κ3) is 9.07. The maximum atomic E-state index is 14.2. The quantitative estimate of drug-likeness (QED) is 0.108. The van der Waals surface area contributed by atoms with Crippen LogP contribution >= 0.6 is 15.8 Å². The molecule has 0 aliphatic heterocycles. The summed E-state index contributed by atoms with van der Waals surface area (Å²) in [6.07, 6.45) is -19.7. The Morgan fingerprint density at radius 1 is 0.473 bits per heavy atom. The zero-order valence-electron chi connectivity index (χ0n) is 28.8. The maximum absolute atomic E-state index is 14.2. The van der Waals surface area contributed by atoms with Gasteiger partial charge in [0.05, 0.1) is 22.3 Å². The van der Waals surface area contributed by atoms with Gasteiger partial charge in [-0.3, -0.25) is 0 Å². The second-order valence-electron chi connectivity index (χ2n) is 13.4. The highest BCUT2D eigenvalue weighted by molar-refractivity contribution is 7.80. The molecule has 1 saturated carbocycles. The van der Waals surface area contributed by atoms with Gasteiger partial charge in [0.15, 0.2) is 0 Å². The number of hydrogen-bond acceptors (Lipinski definition) is 0. The van der Waals surface area contributed by atoms with Gasteiger partial charge in [0.1, 0.15) is 0 Å². The third-order valence-corrected chi connectivity index (χ3v) is 15.2. The summed E-state index contributed by atoms with van der Waals surface area (Å²) in [4.78, 5) is 0. The first kappa shape index (κ1) is 40.8. The molecule has 1 fully saturated rings. The van der Waals surface area contributed by atoms with E-state index in [1.54, 1.807) is 0 Å². The van der Waals surface area contributed by atoms with Crippen LogP contribution in [0.5, 0.6) is 0 Å². The van der Waals surface area contributed by atoms with Gasteiger partial charge in [-0.15, -0.1) is 0 Å². The van der Waals surface area contributed by atoms with Gasteiger partial charge in [-0.2, -0.15) is 52.7 Å². The Hall–Kier alpha value is -3.88. The minimum absolute atomic E-state index is 0.0982. The van der Waals surface area contributed by atoms with E-state index in [4.69, 9.17) is 0 Å². The lowest BCUT2D eigenvalue weighted by Gasteiger charge is -2.36. The number of halogens is 12. The summed E-state index contributed by atoms with van der Waals surface area (Å²) in [5, 5.41) is 1.72. The van der Waals surface area contributed by atoms with Crippen molar-refractivity contribution in [3.63, 3.8) is 0 Å². The first-order chi connectivity index (χ1) is 25.7. The Morgan fingerprint density at radius 3 is 1.25 bits per heavy atom. The molecule has 1 aliphatic rings. The number of benzene rings is 5. The Balaban J connectivity index is 1.56. The number of rotatable bonds is 8. The molecule has 0 N–H and O–H groups in total. The topological polar surface area (TPSA) is 0 Å². The first-order valence-corrected chi connectivity index (χ1v) is 19.9. The van der Waals surface area contributed by atoms with Crippen LogP contribution in [-0.4, -0.2) is 5.66 Å². The monoisotopic (exact) mass is 814 g/mol. The van der Waals surface area contributed by atoms with Crippen molar-refractivity contribution in [2.45, 2.75) is 62.5 Å². The minimum atomic E-state index is -5.30. The van der Waals surface area contributed by atoms with Gasteiger partial charge in [-0.1, -0.05) is 98.3 Å². The van der Waals surface area contributed by atoms with Gasteiger partial charge in [0.2, 0.25) is 0 Å². The second kappa shape index (κ2) is 15.6. The summed E-state index contributed by atoms with van der Waals surface area (Å²) < 4.78 is 170. The lowest BCUT2D eigenvalue weighted by atomic mass is 9.87. The van der Waals surface area contributed by atoms with Gasteiger partial charge in [-0.05, 0) is 115 Å². The van der Waals surface area contributed by atoms with E-state index in [1.165, 1.54) is 6.92 Å². The predicted octanol–water partition coefficient (Wildman–Crippen LogP) is 11.9. The highest BCUT2D eigenvalue weighted by atomic mass is 31.1. The van der Waals surface area contributed by atoms with E-state index in [0.717, 1.165) is 21.5 Å². The molecule has 1 aliphatic carbocycles. The lowest BCUT2D eigenvalue weighted by molar-refractivity contribution is -0.144. The molecule has 0 saturated heterocycles. The normalized spacial score (nSPS) is 17.6. The lowest BCUT2D eigenvalue weighted by Crippen LogP contribution is -2.32. The van der Waals surface area contributed by atoms with E-state index >= 15 is 0 Å². The molecule has 0 aromatic heterocycles. The average molecular weight is 815 g/mol. The van der Waals surface area contributed by atoms with Crippen molar-refractivity contribution in [2.24, 2.45) is 5.92 Å². The van der Waals surface area contributed by atoms with Crippen LogP contribution in [0.15, 0.2) is 121 Å². The van der Waals surface area contributed by atoms with E-state index in [2.05, 4.69) is 0 Å². The van der Waals surface area contributed by atoms with Crippen LogP contribution < -0.4 is 26.5 Å². The van der Waals surface area contributed by atoms with Crippen molar-refractivity contribution >= 4 is 42.4 Å². The van der Waals surface area contributed by atoms with E-state index in [-0.39, 0.29) is 18.1 Å². The van der Waals surface area contributed by atoms with Crippen molar-refractivity contribution in [3.8, 4) is 0 Å². The smallest absolute Gasteiger partial charge is 0.166 e. The van der Waals surface area contributed by atoms with Crippen molar-refractivity contribution in [1.82, 2.24) is 0 Å². The van der Waals surface area contributed by atoms with E-state index in [0.29, 0.717) is 43.5 Å². The molecule has 14 heteroatoms. The summed E-state index contributed by atoms with van der Waals surface area (Å²) in [7, 11) is -3.89. The maximum Gasteiger partial charge on any atom is 0.416 e. The molecule has 290 valence electrons. The fourth-order valence-corrected chi connectivity index (χ4v) is 13.1. The number of hydrogen-bond donors (Lipinski definition) is 0. The summed E-state index contributed by atoms with van der Waals surface area (Å²) in [5.41, 5.74) is -6.92. The molecular weight excluding hydrogens is 782 g/mol. The van der Waals surface area contributed by atoms with Crippen LogP contribution in [0.2, 0.25) is 0 Å². The van der Waals surface area contributed by atoms with Crippen LogP contribution in [0, 0.1) is 5.92 Å². The standard InChI is InChI=1S/C41H32F12P2/c1-25(34-16-10-17-35(34)36-15-8-9-18-37(36)55(30-11-4-2-5-12-30)31-13-6-3-7-14-31)54(32-21-26(38(42,43)44)19-27(22-32)39(45,46)47)33-23-28(40(48,49)50)20-29(24-33)41(51,52)53/h2-9,11-15,18-25,34-35H,10,16-17H2,1H3/t25?,34-,35?/m0/s1. The van der Waals surface area contributed by atoms with Crippen LogP contribution in [0.4, 0.5) is 52.7 Å². The summed E-state index contributed by atoms with van der Waals surface area (Å²) in [5.74, 6) is -0.905. The van der Waals surface area contributed by atoms with Gasteiger partial charge in [0, 0.05) is 0 Å². The molecule has 6 rings (SSSR count). The molecule has 2 unspecified atom stereocenters. The van der Waals surface area contributed by atoms with Crippen LogP contribution in [0.3, 0.4) is 0 Å². The third-order valence-electron chi connectivity index (χ3n) is 9.90. The molecule has 0 heterocycles. The number of alkyl halides is 12. The molecule has 0 spiro atoms. The van der Waals surface area contributed by atoms with Gasteiger partial charge >= 0.3 is 24.7 Å². The highest BCUT2D eigenvalue weighted by Crippen LogP contribution is 2.54. The van der Waals surface area contributed by atoms with Crippen molar-refractivity contribution < 1.29 is 52.7 Å². The second-order valence-corrected chi connectivity index (χ2v) is 18.2. The molecule has 55 heavy (non-hydrogen) atoms. The zero-order valence-corrected chi connectivity index (χ0v) is 30.6. The van der Waals surface area contributed by atoms with Gasteiger partial charge < -0.3 is 0 Å². The van der Waals surface area contributed by atoms with Crippen LogP contribution in [-0.2, 0) is 24.7 Å². The Morgan fingerprint density at radius 2 is 0.855 bits per heavy atom. The zero-order chi connectivity index (χ0) is 39.9.